The zero-order valence-electron chi connectivity index (χ0n) is 13.2. The lowest BCUT2D eigenvalue weighted by molar-refractivity contribution is -0.143. The topological polar surface area (TPSA) is 81.7 Å². The number of hydrogen-bond acceptors (Lipinski definition) is 5. The van der Waals surface area contributed by atoms with Gasteiger partial charge in [-0.1, -0.05) is 13.8 Å². The first-order chi connectivity index (χ1) is 10.3. The SMILES string of the molecule is COC(=O)C(CC(C)C)NC(=O)c1ccc(OC(C)=O)cc1. The van der Waals surface area contributed by atoms with Crippen LogP contribution in [-0.4, -0.2) is 31.0 Å². The monoisotopic (exact) mass is 307 g/mol. The molecule has 1 amide bonds. The Morgan fingerprint density at radius 3 is 2.18 bits per heavy atom. The second-order valence-electron chi connectivity index (χ2n) is 5.30. The van der Waals surface area contributed by atoms with Crippen molar-refractivity contribution in [3.8, 4) is 5.75 Å². The van der Waals surface area contributed by atoms with Crippen LogP contribution >= 0.6 is 0 Å². The summed E-state index contributed by atoms with van der Waals surface area (Å²) in [6, 6.07) is 5.40. The standard InChI is InChI=1S/C16H21NO5/c1-10(2)9-14(16(20)21-4)17-15(19)12-5-7-13(8-6-12)22-11(3)18/h5-8,10,14H,9H2,1-4H3,(H,17,19). The van der Waals surface area contributed by atoms with Crippen LogP contribution in [0.3, 0.4) is 0 Å². The molecule has 1 rings (SSSR count). The second kappa shape index (κ2) is 8.17. The van der Waals surface area contributed by atoms with Gasteiger partial charge in [0.15, 0.2) is 0 Å². The molecule has 1 unspecified atom stereocenters. The first kappa shape index (κ1) is 17.7. The summed E-state index contributed by atoms with van der Waals surface area (Å²) in [5, 5.41) is 2.65. The van der Waals surface area contributed by atoms with Gasteiger partial charge in [0.1, 0.15) is 11.8 Å². The normalized spacial score (nSPS) is 11.7. The highest BCUT2D eigenvalue weighted by atomic mass is 16.5. The van der Waals surface area contributed by atoms with Crippen molar-refractivity contribution < 1.29 is 23.9 Å². The van der Waals surface area contributed by atoms with E-state index in [9.17, 15) is 14.4 Å². The predicted molar refractivity (Wildman–Crippen MR) is 80.5 cm³/mol. The van der Waals surface area contributed by atoms with Crippen LogP contribution in [0.4, 0.5) is 0 Å². The number of amides is 1. The number of hydrogen-bond donors (Lipinski definition) is 1. The van der Waals surface area contributed by atoms with E-state index < -0.39 is 18.0 Å². The zero-order valence-corrected chi connectivity index (χ0v) is 13.2. The number of rotatable bonds is 6. The molecule has 120 valence electrons. The third-order valence-electron chi connectivity index (χ3n) is 2.88. The number of carbonyl (C=O) groups is 3. The van der Waals surface area contributed by atoms with Crippen LogP contribution in [0.2, 0.25) is 0 Å². The molecule has 0 aromatic heterocycles. The maximum absolute atomic E-state index is 12.2. The van der Waals surface area contributed by atoms with Crippen molar-refractivity contribution in [2.75, 3.05) is 7.11 Å². The van der Waals surface area contributed by atoms with Gasteiger partial charge in [0.25, 0.3) is 5.91 Å². The summed E-state index contributed by atoms with van der Waals surface area (Å²) in [5.74, 6) is -0.699. The van der Waals surface area contributed by atoms with Crippen molar-refractivity contribution in [1.82, 2.24) is 5.32 Å². The third-order valence-corrected chi connectivity index (χ3v) is 2.88. The number of ether oxygens (including phenoxy) is 2. The van der Waals surface area contributed by atoms with Gasteiger partial charge in [-0.05, 0) is 36.6 Å². The Morgan fingerprint density at radius 1 is 1.14 bits per heavy atom. The van der Waals surface area contributed by atoms with Gasteiger partial charge in [-0.15, -0.1) is 0 Å². The average Bonchev–Trinajstić information content (AvgIpc) is 2.45. The number of methoxy groups -OCH3 is 1. The molecule has 1 aromatic rings. The van der Waals surface area contributed by atoms with Crippen LogP contribution in [0, 0.1) is 5.92 Å². The lowest BCUT2D eigenvalue weighted by atomic mass is 10.0. The molecule has 0 aliphatic heterocycles. The minimum atomic E-state index is -0.689. The molecule has 22 heavy (non-hydrogen) atoms. The summed E-state index contributed by atoms with van der Waals surface area (Å²) in [6.07, 6.45) is 0.490. The highest BCUT2D eigenvalue weighted by molar-refractivity contribution is 5.96. The Morgan fingerprint density at radius 2 is 1.73 bits per heavy atom. The molecule has 0 aliphatic carbocycles. The molecular weight excluding hydrogens is 286 g/mol. The molecule has 0 fully saturated rings. The van der Waals surface area contributed by atoms with Crippen molar-refractivity contribution in [2.24, 2.45) is 5.92 Å². The number of nitrogens with one attached hydrogen (secondary N) is 1. The highest BCUT2D eigenvalue weighted by Gasteiger charge is 2.23. The molecule has 0 saturated carbocycles. The zero-order chi connectivity index (χ0) is 16.7. The number of benzene rings is 1. The van der Waals surface area contributed by atoms with Crippen LogP contribution in [0.1, 0.15) is 37.6 Å². The highest BCUT2D eigenvalue weighted by Crippen LogP contribution is 2.13. The van der Waals surface area contributed by atoms with E-state index in [1.165, 1.54) is 38.3 Å². The van der Waals surface area contributed by atoms with Crippen LogP contribution in [0.25, 0.3) is 0 Å². The Bertz CT molecular complexity index is 536. The van der Waals surface area contributed by atoms with Gasteiger partial charge < -0.3 is 14.8 Å². The predicted octanol–water partition coefficient (Wildman–Crippen LogP) is 1.93. The Kier molecular flexibility index (Phi) is 6.56. The molecule has 1 N–H and O–H groups in total. The van der Waals surface area contributed by atoms with Crippen molar-refractivity contribution in [2.45, 2.75) is 33.2 Å². The van der Waals surface area contributed by atoms with E-state index in [0.29, 0.717) is 17.7 Å². The first-order valence-corrected chi connectivity index (χ1v) is 7.00. The fraction of sp³-hybridized carbons (Fsp3) is 0.438. The molecular formula is C16H21NO5. The van der Waals surface area contributed by atoms with Gasteiger partial charge in [0.05, 0.1) is 7.11 Å². The molecule has 0 aliphatic rings. The summed E-state index contributed by atoms with van der Waals surface area (Å²) < 4.78 is 9.60. The lowest BCUT2D eigenvalue weighted by Crippen LogP contribution is -2.42. The molecule has 0 saturated heterocycles. The number of carbonyl (C=O) groups excluding carboxylic acids is 3. The molecule has 6 heteroatoms. The molecule has 0 heterocycles. The van der Waals surface area contributed by atoms with Crippen LogP contribution in [-0.2, 0) is 14.3 Å². The minimum Gasteiger partial charge on any atom is -0.467 e. The second-order valence-corrected chi connectivity index (χ2v) is 5.30. The van der Waals surface area contributed by atoms with Crippen LogP contribution < -0.4 is 10.1 Å². The van der Waals surface area contributed by atoms with Gasteiger partial charge in [0, 0.05) is 12.5 Å². The summed E-state index contributed by atoms with van der Waals surface area (Å²) in [4.78, 5) is 34.7. The first-order valence-electron chi connectivity index (χ1n) is 7.00. The Balaban J connectivity index is 2.76. The van der Waals surface area contributed by atoms with Gasteiger partial charge in [0.2, 0.25) is 0 Å². The van der Waals surface area contributed by atoms with Crippen molar-refractivity contribution in [3.63, 3.8) is 0 Å². The molecule has 0 spiro atoms. The maximum Gasteiger partial charge on any atom is 0.328 e. The molecule has 1 aromatic carbocycles. The van der Waals surface area contributed by atoms with Gasteiger partial charge >= 0.3 is 11.9 Å². The number of esters is 2. The fourth-order valence-corrected chi connectivity index (χ4v) is 1.91. The fourth-order valence-electron chi connectivity index (χ4n) is 1.91. The van der Waals surface area contributed by atoms with Crippen LogP contribution in [0.5, 0.6) is 5.75 Å². The molecule has 1 atom stereocenters. The van der Waals surface area contributed by atoms with E-state index in [2.05, 4.69) is 5.32 Å². The van der Waals surface area contributed by atoms with E-state index >= 15 is 0 Å². The summed E-state index contributed by atoms with van der Waals surface area (Å²) >= 11 is 0. The van der Waals surface area contributed by atoms with E-state index in [1.807, 2.05) is 13.8 Å². The van der Waals surface area contributed by atoms with Gasteiger partial charge in [-0.3, -0.25) is 9.59 Å². The van der Waals surface area contributed by atoms with Crippen molar-refractivity contribution >= 4 is 17.8 Å². The Labute approximate surface area is 129 Å². The summed E-state index contributed by atoms with van der Waals surface area (Å²) in [5.41, 5.74) is 0.369. The summed E-state index contributed by atoms with van der Waals surface area (Å²) in [7, 11) is 1.29. The van der Waals surface area contributed by atoms with E-state index in [0.717, 1.165) is 0 Å². The maximum atomic E-state index is 12.2. The largest absolute Gasteiger partial charge is 0.467 e. The smallest absolute Gasteiger partial charge is 0.328 e. The van der Waals surface area contributed by atoms with E-state index in [-0.39, 0.29) is 11.8 Å². The average molecular weight is 307 g/mol. The quantitative estimate of drug-likeness (QED) is 0.641. The van der Waals surface area contributed by atoms with E-state index in [1.54, 1.807) is 0 Å². The van der Waals surface area contributed by atoms with Gasteiger partial charge in [-0.2, -0.15) is 0 Å². The Hall–Kier alpha value is -2.37. The lowest BCUT2D eigenvalue weighted by Gasteiger charge is -2.18. The van der Waals surface area contributed by atoms with Crippen molar-refractivity contribution in [1.29, 1.82) is 0 Å². The minimum absolute atomic E-state index is 0.232. The summed E-state index contributed by atoms with van der Waals surface area (Å²) in [6.45, 7) is 5.21. The third kappa shape index (κ3) is 5.55. The van der Waals surface area contributed by atoms with E-state index in [4.69, 9.17) is 9.47 Å². The van der Waals surface area contributed by atoms with Gasteiger partial charge in [-0.25, -0.2) is 4.79 Å². The van der Waals surface area contributed by atoms with Crippen LogP contribution in [0.15, 0.2) is 24.3 Å². The molecule has 6 nitrogen and oxygen atoms in total. The van der Waals surface area contributed by atoms with Crippen molar-refractivity contribution in [3.05, 3.63) is 29.8 Å². The molecule has 0 radical (unpaired) electrons. The molecule has 0 bridgehead atoms.